The van der Waals surface area contributed by atoms with E-state index in [1.54, 1.807) is 0 Å². The van der Waals surface area contributed by atoms with E-state index in [-0.39, 0.29) is 11.8 Å². The molecule has 0 radical (unpaired) electrons. The molecule has 88 valence electrons. The topological polar surface area (TPSA) is 70.6 Å². The Labute approximate surface area is 98.4 Å². The van der Waals surface area contributed by atoms with Gasteiger partial charge in [0.1, 0.15) is 5.71 Å². The highest BCUT2D eigenvalue weighted by Gasteiger charge is 2.20. The molecule has 0 saturated carbocycles. The molecule has 5 nitrogen and oxygen atoms in total. The van der Waals surface area contributed by atoms with Crippen LogP contribution in [-0.2, 0) is 9.59 Å². The molecule has 2 amide bonds. The van der Waals surface area contributed by atoms with Gasteiger partial charge in [-0.25, -0.2) is 5.43 Å². The molecule has 1 saturated heterocycles. The van der Waals surface area contributed by atoms with Crippen molar-refractivity contribution in [3.63, 3.8) is 0 Å². The van der Waals surface area contributed by atoms with Crippen molar-refractivity contribution in [1.29, 1.82) is 0 Å². The van der Waals surface area contributed by atoms with Crippen molar-refractivity contribution in [2.45, 2.75) is 19.3 Å². The molecular formula is C10H15N3O2S. The molecule has 0 bridgehead atoms. The summed E-state index contributed by atoms with van der Waals surface area (Å²) in [5, 5.41) is 6.63. The van der Waals surface area contributed by atoms with Crippen LogP contribution in [0.5, 0.6) is 0 Å². The summed E-state index contributed by atoms with van der Waals surface area (Å²) in [5.74, 6) is 2.65. The SMILES string of the molecule is O=C1CCC(C(=O)NCC2CCSC2)=NN1. The molecule has 16 heavy (non-hydrogen) atoms. The number of hydrogen-bond acceptors (Lipinski definition) is 4. The van der Waals surface area contributed by atoms with E-state index in [4.69, 9.17) is 0 Å². The van der Waals surface area contributed by atoms with E-state index in [9.17, 15) is 9.59 Å². The maximum atomic E-state index is 11.7. The van der Waals surface area contributed by atoms with Gasteiger partial charge in [0, 0.05) is 19.4 Å². The largest absolute Gasteiger partial charge is 0.351 e. The normalized spacial score (nSPS) is 24.9. The molecule has 6 heteroatoms. The van der Waals surface area contributed by atoms with Crippen LogP contribution in [0, 0.1) is 5.92 Å². The lowest BCUT2D eigenvalue weighted by Crippen LogP contribution is -2.38. The van der Waals surface area contributed by atoms with Crippen molar-refractivity contribution in [2.75, 3.05) is 18.1 Å². The van der Waals surface area contributed by atoms with Crippen LogP contribution in [0.1, 0.15) is 19.3 Å². The summed E-state index contributed by atoms with van der Waals surface area (Å²) in [6, 6.07) is 0. The van der Waals surface area contributed by atoms with E-state index >= 15 is 0 Å². The van der Waals surface area contributed by atoms with E-state index in [1.165, 1.54) is 12.2 Å². The first-order valence-electron chi connectivity index (χ1n) is 5.47. The lowest BCUT2D eigenvalue weighted by molar-refractivity contribution is -0.121. The summed E-state index contributed by atoms with van der Waals surface area (Å²) >= 11 is 1.93. The van der Waals surface area contributed by atoms with Gasteiger partial charge in [-0.15, -0.1) is 0 Å². The Hall–Kier alpha value is -1.04. The first-order chi connectivity index (χ1) is 7.75. The zero-order valence-corrected chi connectivity index (χ0v) is 9.81. The molecule has 0 aromatic carbocycles. The quantitative estimate of drug-likeness (QED) is 0.737. The second-order valence-corrected chi connectivity index (χ2v) is 5.18. The molecule has 1 unspecified atom stereocenters. The molecule has 2 rings (SSSR count). The Morgan fingerprint density at radius 2 is 2.44 bits per heavy atom. The predicted octanol–water partition coefficient (Wildman–Crippen LogP) is 0.122. The molecule has 1 atom stereocenters. The number of nitrogens with zero attached hydrogens (tertiary/aromatic N) is 1. The molecule has 2 N–H and O–H groups in total. The summed E-state index contributed by atoms with van der Waals surface area (Å²) in [4.78, 5) is 22.5. The fourth-order valence-corrected chi connectivity index (χ4v) is 3.01. The molecule has 0 aromatic rings. The number of thioether (sulfide) groups is 1. The zero-order chi connectivity index (χ0) is 11.4. The highest BCUT2D eigenvalue weighted by Crippen LogP contribution is 2.22. The summed E-state index contributed by atoms with van der Waals surface area (Å²) in [5.41, 5.74) is 2.76. The van der Waals surface area contributed by atoms with Gasteiger partial charge >= 0.3 is 0 Å². The third kappa shape index (κ3) is 2.98. The molecule has 2 aliphatic rings. The van der Waals surface area contributed by atoms with Gasteiger partial charge in [0.05, 0.1) is 0 Å². The maximum absolute atomic E-state index is 11.7. The molecular weight excluding hydrogens is 226 g/mol. The number of amides is 2. The third-order valence-electron chi connectivity index (χ3n) is 2.74. The van der Waals surface area contributed by atoms with Gasteiger partial charge in [0.15, 0.2) is 0 Å². The zero-order valence-electron chi connectivity index (χ0n) is 8.99. The van der Waals surface area contributed by atoms with Crippen molar-refractivity contribution in [3.05, 3.63) is 0 Å². The smallest absolute Gasteiger partial charge is 0.267 e. The lowest BCUT2D eigenvalue weighted by atomic mass is 10.1. The van der Waals surface area contributed by atoms with Gasteiger partial charge in [0.25, 0.3) is 5.91 Å². The van der Waals surface area contributed by atoms with E-state index in [2.05, 4.69) is 15.8 Å². The van der Waals surface area contributed by atoms with Crippen molar-refractivity contribution < 1.29 is 9.59 Å². The van der Waals surface area contributed by atoms with Gasteiger partial charge < -0.3 is 5.32 Å². The van der Waals surface area contributed by atoms with Crippen molar-refractivity contribution in [1.82, 2.24) is 10.7 Å². The van der Waals surface area contributed by atoms with Crippen LogP contribution in [0.2, 0.25) is 0 Å². The Kier molecular flexibility index (Phi) is 3.82. The van der Waals surface area contributed by atoms with E-state index in [1.807, 2.05) is 11.8 Å². The van der Waals surface area contributed by atoms with Crippen molar-refractivity contribution in [2.24, 2.45) is 11.0 Å². The average molecular weight is 241 g/mol. The van der Waals surface area contributed by atoms with Gasteiger partial charge in [-0.1, -0.05) is 0 Å². The van der Waals surface area contributed by atoms with Crippen LogP contribution in [0.3, 0.4) is 0 Å². The first-order valence-corrected chi connectivity index (χ1v) is 6.62. The maximum Gasteiger partial charge on any atom is 0.267 e. The van der Waals surface area contributed by atoms with Crippen LogP contribution >= 0.6 is 11.8 Å². The number of hydrazone groups is 1. The van der Waals surface area contributed by atoms with Crippen LogP contribution in [0.25, 0.3) is 0 Å². The van der Waals surface area contributed by atoms with Crippen molar-refractivity contribution >= 4 is 29.3 Å². The lowest BCUT2D eigenvalue weighted by Gasteiger charge is -2.13. The first kappa shape index (κ1) is 11.4. The monoisotopic (exact) mass is 241 g/mol. The fourth-order valence-electron chi connectivity index (χ4n) is 1.72. The third-order valence-corrected chi connectivity index (χ3v) is 3.97. The van der Waals surface area contributed by atoms with Gasteiger partial charge in [-0.05, 0) is 23.8 Å². The number of hydrogen-bond donors (Lipinski definition) is 2. The summed E-state index contributed by atoms with van der Waals surface area (Å²) < 4.78 is 0. The molecule has 0 spiro atoms. The van der Waals surface area contributed by atoms with E-state index in [0.29, 0.717) is 24.5 Å². The predicted molar refractivity (Wildman–Crippen MR) is 63.3 cm³/mol. The number of nitrogens with one attached hydrogen (secondary N) is 2. The van der Waals surface area contributed by atoms with E-state index in [0.717, 1.165) is 12.3 Å². The highest BCUT2D eigenvalue weighted by atomic mass is 32.2. The minimum absolute atomic E-state index is 0.122. The minimum atomic E-state index is -0.142. The van der Waals surface area contributed by atoms with Gasteiger partial charge in [0.2, 0.25) is 5.91 Å². The second-order valence-electron chi connectivity index (χ2n) is 4.03. The molecule has 2 aliphatic heterocycles. The average Bonchev–Trinajstić information content (AvgIpc) is 2.80. The summed E-state index contributed by atoms with van der Waals surface area (Å²) in [7, 11) is 0. The van der Waals surface area contributed by atoms with Crippen LogP contribution < -0.4 is 10.7 Å². The number of carbonyl (C=O) groups excluding carboxylic acids is 2. The van der Waals surface area contributed by atoms with Crippen LogP contribution in [0.15, 0.2) is 5.10 Å². The second kappa shape index (κ2) is 5.34. The number of carbonyl (C=O) groups is 2. The molecule has 0 aromatic heterocycles. The Balaban J connectivity index is 1.76. The molecule has 0 aliphatic carbocycles. The standard InChI is InChI=1S/C10H15N3O2S/c14-9-2-1-8(12-13-9)10(15)11-5-7-3-4-16-6-7/h7H,1-6H2,(H,11,15)(H,13,14). The molecule has 1 fully saturated rings. The van der Waals surface area contributed by atoms with Crippen molar-refractivity contribution in [3.8, 4) is 0 Å². The van der Waals surface area contributed by atoms with Gasteiger partial charge in [-0.3, -0.25) is 9.59 Å². The molecule has 2 heterocycles. The fraction of sp³-hybridized carbons (Fsp3) is 0.700. The van der Waals surface area contributed by atoms with E-state index < -0.39 is 0 Å². The van der Waals surface area contributed by atoms with Crippen LogP contribution in [0.4, 0.5) is 0 Å². The summed E-state index contributed by atoms with van der Waals surface area (Å²) in [6.07, 6.45) is 1.97. The Morgan fingerprint density at radius 1 is 1.56 bits per heavy atom. The minimum Gasteiger partial charge on any atom is -0.351 e. The van der Waals surface area contributed by atoms with Gasteiger partial charge in [-0.2, -0.15) is 16.9 Å². The Bertz CT molecular complexity index is 324. The highest BCUT2D eigenvalue weighted by molar-refractivity contribution is 7.99. The summed E-state index contributed by atoms with van der Waals surface area (Å²) in [6.45, 7) is 0.721. The number of rotatable bonds is 3. The Morgan fingerprint density at radius 3 is 3.06 bits per heavy atom. The van der Waals surface area contributed by atoms with Crippen LogP contribution in [-0.4, -0.2) is 35.6 Å².